The number of rotatable bonds is 11. The van der Waals surface area contributed by atoms with Gasteiger partial charge in [0, 0.05) is 74.5 Å². The molecule has 0 heterocycles. The van der Waals surface area contributed by atoms with E-state index in [1.54, 1.807) is 72.2 Å². The van der Waals surface area contributed by atoms with Crippen LogP contribution in [0, 0.1) is 4.93 Å². The van der Waals surface area contributed by atoms with Gasteiger partial charge >= 0.3 is 169 Å². The molecule has 0 saturated heterocycles. The van der Waals surface area contributed by atoms with Crippen molar-refractivity contribution < 1.29 is 135 Å². The van der Waals surface area contributed by atoms with Crippen LogP contribution in [0.4, 0.5) is 14.4 Å². The van der Waals surface area contributed by atoms with E-state index in [-0.39, 0.29) is 126 Å². The van der Waals surface area contributed by atoms with Gasteiger partial charge in [0.05, 0.1) is 51.5 Å². The fraction of sp³-hybridized carbons (Fsp3) is 0.531. The topological polar surface area (TPSA) is 428 Å². The van der Waals surface area contributed by atoms with Crippen molar-refractivity contribution in [2.45, 2.75) is 275 Å². The number of aromatic carboxylic acids is 1. The summed E-state index contributed by atoms with van der Waals surface area (Å²) in [4.78, 5) is 113. The Kier molecular flexibility index (Phi) is 120. The van der Waals surface area contributed by atoms with Gasteiger partial charge in [-0.1, -0.05) is 291 Å². The Balaban J connectivity index is -0.000000135. The second-order valence-electron chi connectivity index (χ2n) is 29.8. The van der Waals surface area contributed by atoms with Crippen molar-refractivity contribution in [3.8, 4) is 0 Å². The molecule has 0 spiro atoms. The maximum absolute atomic E-state index is 11.9. The van der Waals surface area contributed by atoms with Gasteiger partial charge in [-0.25, -0.2) is 33.6 Å². The third kappa shape index (κ3) is 68.6. The number of amides is 6. The van der Waals surface area contributed by atoms with Crippen molar-refractivity contribution in [1.82, 2.24) is 42.1 Å². The molecule has 0 fully saturated rings. The number of carbonyl (C=O) groups excluding carboxylic acids is 8. The molecule has 6 aromatic rings. The quantitative estimate of drug-likeness (QED) is 0.0109. The van der Waals surface area contributed by atoms with E-state index in [0.717, 1.165) is 131 Å². The van der Waals surface area contributed by atoms with Crippen LogP contribution < -0.4 is 72.4 Å². The first-order valence-electron chi connectivity index (χ1n) is 45.0. The number of hydrogen-bond acceptors (Lipinski definition) is 20. The van der Waals surface area contributed by atoms with E-state index >= 15 is 0 Å². The number of methoxy groups -OCH3 is 2. The monoisotopic (exact) mass is 3500 g/mol. The zero-order valence-corrected chi connectivity index (χ0v) is 120. The SMILES string of the molecule is CC.CC.CC.CC.CC.CC.CC(C)(C)OC(=O)N[C@H]1CCc2c(C(=O)O)cccc21.CI.CN.CNC(=O)c1cccc2c1CC[C@@H]2N.CNC(=O)c1cccc2c1CC[C@@H]2NC.CNC(=O)c1cccc2c1CC[C@@H]2NC(=O)OC(C)(C)C.COC(=O)c1cccc2c1CC[C@@H]2NC(=O)OC(C)(C)C.COC(=O)c1cccc2c1CC[C@@H]2NCl.Cl.IC(I)I.ICI.[CH2-]I.[I][V]([I])[I].[I][V][I].[Li+].[OH-].[OH-].[V]. The molecule has 0 bridgehead atoms. The van der Waals surface area contributed by atoms with E-state index in [0.29, 0.717) is 50.6 Å². The summed E-state index contributed by atoms with van der Waals surface area (Å²) in [5.74, 6) is -1.64. The van der Waals surface area contributed by atoms with Gasteiger partial charge in [-0.2, -0.15) is 0 Å². The van der Waals surface area contributed by atoms with Crippen molar-refractivity contribution in [2.24, 2.45) is 11.5 Å². The Labute approximate surface area is 1050 Å². The summed E-state index contributed by atoms with van der Waals surface area (Å²) in [6, 6.07) is 33.9. The second-order valence-corrected chi connectivity index (χ2v) is 92.5. The number of carboxylic acids is 1. The second kappa shape index (κ2) is 101. The molecule has 27 nitrogen and oxygen atoms in total. The summed E-state index contributed by atoms with van der Waals surface area (Å²) < 4.78 is 27.2. The Bertz CT molecular complexity index is 4250. The molecule has 816 valence electrons. The zero-order valence-electron chi connectivity index (χ0n) is 88.2. The molecule has 0 aromatic heterocycles. The smallest absolute Gasteiger partial charge is 0.870 e. The number of ether oxygens (including phenoxy) is 5. The molecule has 6 aromatic carbocycles. The van der Waals surface area contributed by atoms with Gasteiger partial charge < -0.3 is 111 Å². The molecule has 0 saturated carbocycles. The van der Waals surface area contributed by atoms with Crippen LogP contribution in [0.25, 0.3) is 0 Å². The Hall–Kier alpha value is 1.40. The maximum atomic E-state index is 11.9. The van der Waals surface area contributed by atoms with Crippen LogP contribution in [0.5, 0.6) is 0 Å². The molecule has 0 unspecified atom stereocenters. The number of fused-ring (bicyclic) bond motifs is 6. The number of alkyl halides is 6. The van der Waals surface area contributed by atoms with Gasteiger partial charge in [0.2, 0.25) is 0 Å². The van der Waals surface area contributed by atoms with Crippen LogP contribution in [-0.2, 0) is 95.2 Å². The Morgan fingerprint density at radius 2 is 0.622 bits per heavy atom. The summed E-state index contributed by atoms with van der Waals surface area (Å²) in [5.41, 5.74) is 25.2. The number of benzene rings is 6. The predicted octanol–water partition coefficient (Wildman–Crippen LogP) is 26.8. The van der Waals surface area contributed by atoms with Crippen molar-refractivity contribution >= 4 is 336 Å². The number of nitrogens with one attached hydrogen (secondary N) is 8. The van der Waals surface area contributed by atoms with E-state index < -0.39 is 41.1 Å². The number of carbonyl (C=O) groups is 9. The van der Waals surface area contributed by atoms with Gasteiger partial charge in [0.25, 0.3) is 17.7 Å². The molecule has 0 aliphatic heterocycles. The average molecular weight is 3500 g/mol. The fourth-order valence-corrected chi connectivity index (χ4v) is 14.2. The molecule has 6 amide bonds. The Morgan fingerprint density at radius 3 is 0.846 bits per heavy atom. The first kappa shape index (κ1) is 169. The molecule has 6 aliphatic rings. The van der Waals surface area contributed by atoms with Gasteiger partial charge in [-0.3, -0.25) is 19.3 Å². The largest absolute Gasteiger partial charge is 1.00 e. The standard InChI is InChI=1S/C16H22N2O3.C16H21NO4.C15H19NO4.C12H16N2O.C11H12ClNO2.C11H14N2O.6C2H6.CHI3.CH2I2.CH3I.CH2I.CH5N.ClH.5HI.Li.2H2O.3V/c1-16(2,3)21-15(20)18-13-9-8-10-11(13)6-5-7-12(10)14(19)17-4;1-16(2,3)21-15(19)17-13-9-8-10-11(13)6-5-7-12(10)14(18)20-4;1-15(2,3)20-14(19)16-12-8-7-9-10(12)5-4-6-11(9)13(17)18;1-13-11-7-6-8-9(11)4-3-5-10(8)12(15)14-2;1-15-11(14)9-4-2-3-8-7(9)5-6-10(8)13-12;1-13-11(14)9-4-2-3-8-7(9)5-6-10(8)12;6*1-2;2-1(3)4;2-1-3;3*1-2;;;;;;;;;;;;/h5-7,13H,8-9H2,1-4H3,(H,17,19)(H,18,20);5-7,13H,8-9H2,1-4H3,(H,17,19);4-6,12H,7-8H2,1-3H3,(H,16,19)(H,17,18);3-5,11,13H,6-7H2,1-2H3,(H,14,15);2-4,10,13H,5-6H2,1H3;2-4,10H,5-6,12H2,1H3,(H,13,14);6*1-2H3;1H;1H2;1H3;1H2;2H2,1H3;6*1H;;2*1H2;;;/q;;;;;;;;;;;;;;;-1;;;;;;;;+1;;;;+2;+3/p-7/t2*13-;12-;11-;2*10-;;;;;;;;;;;;;;;;;;;;;;;/m000000......................./s1. The number of halogens is 14. The minimum Gasteiger partial charge on any atom is -0.870 e. The van der Waals surface area contributed by atoms with Crippen molar-refractivity contribution in [1.29, 1.82) is 0 Å². The van der Waals surface area contributed by atoms with Crippen LogP contribution in [0.15, 0.2) is 109 Å². The van der Waals surface area contributed by atoms with E-state index in [1.807, 2.05) is 232 Å². The van der Waals surface area contributed by atoms with E-state index in [9.17, 15) is 43.2 Å². The first-order chi connectivity index (χ1) is 65.5. The third-order valence-electron chi connectivity index (χ3n) is 18.7. The van der Waals surface area contributed by atoms with E-state index in [4.69, 9.17) is 46.3 Å². The molecule has 6 aliphatic carbocycles. The predicted molar refractivity (Wildman–Crippen MR) is 683 cm³/mol. The van der Waals surface area contributed by atoms with Gasteiger partial charge in [0.15, 0.2) is 0 Å². The molecule has 45 heteroatoms. The van der Waals surface area contributed by atoms with Crippen molar-refractivity contribution in [3.05, 3.63) is 214 Å². The normalized spacial score (nSPS) is 14.3. The van der Waals surface area contributed by atoms with Gasteiger partial charge in [-0.15, -0.1) is 12.4 Å². The van der Waals surface area contributed by atoms with Gasteiger partial charge in [0.1, 0.15) is 16.7 Å². The molecule has 1 radical (unpaired) electrons. The molecular formula is C98H156Cl2I12LiN10O17V3-2. The van der Waals surface area contributed by atoms with Crippen LogP contribution in [0.2, 0.25) is 0 Å². The molecule has 143 heavy (non-hydrogen) atoms. The third-order valence-corrected chi connectivity index (χ3v) is 18.9. The summed E-state index contributed by atoms with van der Waals surface area (Å²) in [5, 5.41) is 29.0. The minimum atomic E-state index is -0.931. The average Bonchev–Trinajstić information content (AvgIpc) is 1.50. The summed E-state index contributed by atoms with van der Waals surface area (Å²) in [7, 11) is 11.8. The maximum Gasteiger partial charge on any atom is 1.00 e. The number of hydrogen-bond donors (Lipinski definition) is 11. The number of alkyl carbamates (subject to hydrolysis) is 3. The summed E-state index contributed by atoms with van der Waals surface area (Å²) >= 11 is 33.3. The van der Waals surface area contributed by atoms with Crippen LogP contribution in [0.3, 0.4) is 0 Å². The van der Waals surface area contributed by atoms with Crippen molar-refractivity contribution in [2.75, 3.05) is 56.8 Å². The van der Waals surface area contributed by atoms with Crippen LogP contribution in [0.1, 0.15) is 349 Å². The number of nitrogens with two attached hydrogens (primary N) is 2. The summed E-state index contributed by atoms with van der Waals surface area (Å²) in [6.07, 6.45) is 8.78. The molecular weight excluding hydrogens is 3340 g/mol. The molecule has 15 N–H and O–H groups in total. The van der Waals surface area contributed by atoms with E-state index in [2.05, 4.69) is 294 Å². The van der Waals surface area contributed by atoms with Gasteiger partial charge in [-0.05, 0) is 273 Å². The fourth-order valence-electron chi connectivity index (χ4n) is 14.0. The molecule has 12 rings (SSSR count). The number of carboxylic acid groups (broad SMARTS) is 1. The zero-order chi connectivity index (χ0) is 109. The first-order valence-corrected chi connectivity index (χ1v) is 78.4. The van der Waals surface area contributed by atoms with Crippen LogP contribution in [-0.4, -0.2) is 144 Å². The minimum absolute atomic E-state index is 0. The molecule has 6 atom stereocenters. The van der Waals surface area contributed by atoms with E-state index in [1.165, 1.54) is 34.8 Å². The Morgan fingerprint density at radius 1 is 0.434 bits per heavy atom. The summed E-state index contributed by atoms with van der Waals surface area (Å²) in [6.45, 7) is 40.4. The van der Waals surface area contributed by atoms with Crippen LogP contribution >= 0.6 is 282 Å². The number of esters is 2. The van der Waals surface area contributed by atoms with Crippen molar-refractivity contribution in [3.63, 3.8) is 0 Å².